The van der Waals surface area contributed by atoms with E-state index in [2.05, 4.69) is 15.6 Å². The van der Waals surface area contributed by atoms with Crippen molar-refractivity contribution in [3.63, 3.8) is 0 Å². The number of amides is 1. The Morgan fingerprint density at radius 2 is 2.24 bits per heavy atom. The number of nitrogens with zero attached hydrogens (tertiary/aromatic N) is 2. The molecule has 2 aromatic rings. The van der Waals surface area contributed by atoms with Gasteiger partial charge in [-0.15, -0.1) is 0 Å². The van der Waals surface area contributed by atoms with E-state index in [1.54, 1.807) is 6.19 Å². The zero-order valence-corrected chi connectivity index (χ0v) is 14.2. The number of fused-ring (bicyclic) bond motifs is 1. The molecule has 0 atom stereocenters. The van der Waals surface area contributed by atoms with Crippen LogP contribution in [0.15, 0.2) is 18.2 Å². The van der Waals surface area contributed by atoms with E-state index in [1.807, 2.05) is 18.2 Å². The first-order valence-electron chi connectivity index (χ1n) is 8.28. The number of aromatic nitrogens is 1. The Kier molecular flexibility index (Phi) is 3.96. The average Bonchev–Trinajstić information content (AvgIpc) is 2.92. The number of nitrogens with one attached hydrogen (secondary N) is 2. The van der Waals surface area contributed by atoms with Crippen molar-refractivity contribution in [2.75, 3.05) is 5.32 Å². The quantitative estimate of drug-likeness (QED) is 0.632. The topological polar surface area (TPSA) is 87.0 Å². The lowest BCUT2D eigenvalue weighted by molar-refractivity contribution is -0.134. The number of nitriles is 1. The van der Waals surface area contributed by atoms with Crippen LogP contribution in [0.1, 0.15) is 32.1 Å². The van der Waals surface area contributed by atoms with Gasteiger partial charge in [0.1, 0.15) is 5.75 Å². The molecule has 2 N–H and O–H groups in total. The van der Waals surface area contributed by atoms with Gasteiger partial charge in [-0.1, -0.05) is 17.4 Å². The first-order chi connectivity index (χ1) is 12.1. The zero-order chi connectivity index (χ0) is 17.4. The monoisotopic (exact) mass is 360 g/mol. The summed E-state index contributed by atoms with van der Waals surface area (Å²) in [5, 5.41) is 13.9. The van der Waals surface area contributed by atoms with Crippen LogP contribution in [0, 0.1) is 11.5 Å². The number of hydrogen-bond donors (Lipinski definition) is 2. The fourth-order valence-corrected chi connectivity index (χ4v) is 3.96. The van der Waals surface area contributed by atoms with Gasteiger partial charge in [0.25, 0.3) is 5.91 Å². The number of hydrogen-bond acceptors (Lipinski definition) is 6. The van der Waals surface area contributed by atoms with Crippen LogP contribution in [0.5, 0.6) is 5.75 Å². The minimum atomic E-state index is -1.95. The van der Waals surface area contributed by atoms with Gasteiger partial charge in [-0.05, 0) is 31.4 Å². The summed E-state index contributed by atoms with van der Waals surface area (Å²) < 4.78 is 21.3. The third-order valence-corrected chi connectivity index (χ3v) is 5.76. The lowest BCUT2D eigenvalue weighted by atomic mass is 9.76. The molecule has 1 aromatic heterocycles. The van der Waals surface area contributed by atoms with Crippen LogP contribution in [-0.4, -0.2) is 28.7 Å². The minimum absolute atomic E-state index is 0.00662. The molecular formula is C17H17FN4O2S. The summed E-state index contributed by atoms with van der Waals surface area (Å²) >= 11 is 1.29. The molecular weight excluding hydrogens is 343 g/mol. The molecule has 0 bridgehead atoms. The van der Waals surface area contributed by atoms with Crippen LogP contribution < -0.4 is 15.4 Å². The Bertz CT molecular complexity index is 852. The number of carbonyl (C=O) groups excluding carboxylic acids is 1. The second kappa shape index (κ2) is 6.15. The van der Waals surface area contributed by atoms with Gasteiger partial charge in [0.05, 0.1) is 16.3 Å². The van der Waals surface area contributed by atoms with Crippen molar-refractivity contribution < 1.29 is 13.9 Å². The molecule has 0 radical (unpaired) electrons. The van der Waals surface area contributed by atoms with Crippen molar-refractivity contribution in [1.29, 1.82) is 5.26 Å². The lowest BCUT2D eigenvalue weighted by Crippen LogP contribution is -2.56. The second-order valence-electron chi connectivity index (χ2n) is 6.57. The Morgan fingerprint density at radius 1 is 1.44 bits per heavy atom. The number of halogens is 1. The predicted octanol–water partition coefficient (Wildman–Crippen LogP) is 3.11. The van der Waals surface area contributed by atoms with E-state index in [1.165, 1.54) is 17.8 Å². The molecule has 2 aliphatic rings. The summed E-state index contributed by atoms with van der Waals surface area (Å²) in [5.41, 5.74) is -1.22. The first-order valence-corrected chi connectivity index (χ1v) is 9.10. The van der Waals surface area contributed by atoms with Gasteiger partial charge in [-0.3, -0.25) is 10.1 Å². The summed E-state index contributed by atoms with van der Waals surface area (Å²) in [7, 11) is 0. The number of benzene rings is 1. The molecule has 0 unspecified atom stereocenters. The largest absolute Gasteiger partial charge is 0.489 e. The number of rotatable bonds is 5. The summed E-state index contributed by atoms with van der Waals surface area (Å²) in [6.45, 7) is 0. The third-order valence-electron chi connectivity index (χ3n) is 4.76. The minimum Gasteiger partial charge on any atom is -0.489 e. The summed E-state index contributed by atoms with van der Waals surface area (Å²) in [6.07, 6.45) is 5.31. The molecule has 4 rings (SSSR count). The number of anilines is 1. The van der Waals surface area contributed by atoms with Crippen LogP contribution >= 0.6 is 11.3 Å². The molecule has 0 spiro atoms. The van der Waals surface area contributed by atoms with Crippen molar-refractivity contribution in [2.24, 2.45) is 0 Å². The lowest BCUT2D eigenvalue weighted by Gasteiger charge is -2.38. The van der Waals surface area contributed by atoms with Crippen molar-refractivity contribution in [3.8, 4) is 11.9 Å². The SMILES string of the molecule is N#CNC1CC(F)(C(=O)Nc2nc3cccc(OC4CCC4)c3s2)C1. The molecule has 1 heterocycles. The molecule has 130 valence electrons. The Morgan fingerprint density at radius 3 is 2.92 bits per heavy atom. The highest BCUT2D eigenvalue weighted by atomic mass is 32.1. The first kappa shape index (κ1) is 16.1. The van der Waals surface area contributed by atoms with Crippen LogP contribution in [0.2, 0.25) is 0 Å². The number of carbonyl (C=O) groups is 1. The fraction of sp³-hybridized carbons (Fsp3) is 0.471. The summed E-state index contributed by atoms with van der Waals surface area (Å²) in [5.74, 6) is 0.0566. The van der Waals surface area contributed by atoms with Gasteiger partial charge >= 0.3 is 0 Å². The molecule has 0 aliphatic heterocycles. The smallest absolute Gasteiger partial charge is 0.263 e. The molecule has 1 amide bonds. The molecule has 2 saturated carbocycles. The molecule has 2 fully saturated rings. The highest BCUT2D eigenvalue weighted by molar-refractivity contribution is 7.22. The second-order valence-corrected chi connectivity index (χ2v) is 7.57. The molecule has 2 aliphatic carbocycles. The Balaban J connectivity index is 1.47. The highest BCUT2D eigenvalue weighted by Crippen LogP contribution is 2.39. The van der Waals surface area contributed by atoms with E-state index >= 15 is 0 Å². The summed E-state index contributed by atoms with van der Waals surface area (Å²) in [4.78, 5) is 16.6. The van der Waals surface area contributed by atoms with Crippen molar-refractivity contribution >= 4 is 32.6 Å². The van der Waals surface area contributed by atoms with E-state index in [4.69, 9.17) is 10.00 Å². The van der Waals surface area contributed by atoms with Gasteiger partial charge in [0, 0.05) is 18.9 Å². The number of alkyl halides is 1. The Hall–Kier alpha value is -2.40. The van der Waals surface area contributed by atoms with Crippen molar-refractivity contribution in [1.82, 2.24) is 10.3 Å². The summed E-state index contributed by atoms with van der Waals surface area (Å²) in [6, 6.07) is 5.32. The van der Waals surface area contributed by atoms with E-state index in [9.17, 15) is 9.18 Å². The molecule has 0 saturated heterocycles. The maximum atomic E-state index is 14.5. The van der Waals surface area contributed by atoms with Crippen molar-refractivity contribution in [3.05, 3.63) is 18.2 Å². The maximum absolute atomic E-state index is 14.5. The molecule has 25 heavy (non-hydrogen) atoms. The van der Waals surface area contributed by atoms with E-state index in [-0.39, 0.29) is 25.0 Å². The maximum Gasteiger partial charge on any atom is 0.263 e. The van der Waals surface area contributed by atoms with Crippen molar-refractivity contribution in [2.45, 2.75) is 49.9 Å². The van der Waals surface area contributed by atoms with Gasteiger partial charge in [0.2, 0.25) is 0 Å². The van der Waals surface area contributed by atoms with Crippen LogP contribution in [0.3, 0.4) is 0 Å². The van der Waals surface area contributed by atoms with Gasteiger partial charge < -0.3 is 10.1 Å². The number of ether oxygens (including phenoxy) is 1. The normalized spacial score (nSPS) is 25.5. The van der Waals surface area contributed by atoms with E-state index in [0.717, 1.165) is 28.8 Å². The zero-order valence-electron chi connectivity index (χ0n) is 13.4. The highest BCUT2D eigenvalue weighted by Gasteiger charge is 2.51. The standard InChI is InChI=1S/C17H17FN4O2S/c18-17(7-10(8-17)20-9-19)15(23)22-16-21-12-5-2-6-13(14(12)25-16)24-11-3-1-4-11/h2,5-6,10-11,20H,1,3-4,7-8H2,(H,21,22,23). The average molecular weight is 360 g/mol. The van der Waals surface area contributed by atoms with Gasteiger partial charge in [0.15, 0.2) is 17.0 Å². The fourth-order valence-electron chi connectivity index (χ4n) is 3.05. The molecule has 1 aromatic carbocycles. The van der Waals surface area contributed by atoms with Crippen LogP contribution in [-0.2, 0) is 4.79 Å². The Labute approximate surface area is 148 Å². The van der Waals surface area contributed by atoms with Crippen LogP contribution in [0.25, 0.3) is 10.2 Å². The van der Waals surface area contributed by atoms with Gasteiger partial charge in [-0.2, -0.15) is 5.26 Å². The van der Waals surface area contributed by atoms with Crippen LogP contribution in [0.4, 0.5) is 9.52 Å². The number of thiazole rings is 1. The third kappa shape index (κ3) is 3.00. The molecule has 6 nitrogen and oxygen atoms in total. The van der Waals surface area contributed by atoms with E-state index in [0.29, 0.717) is 5.13 Å². The van der Waals surface area contributed by atoms with E-state index < -0.39 is 11.6 Å². The molecule has 8 heteroatoms. The predicted molar refractivity (Wildman–Crippen MR) is 92.1 cm³/mol. The van der Waals surface area contributed by atoms with Gasteiger partial charge in [-0.25, -0.2) is 9.37 Å².